The number of ether oxygens (including phenoxy) is 1. The normalized spacial score (nSPS) is 12.0. The number of hydrogen-bond donors (Lipinski definition) is 1. The molecule has 0 aliphatic rings. The summed E-state index contributed by atoms with van der Waals surface area (Å²) in [6, 6.07) is 18.3. The number of hydrogen-bond acceptors (Lipinski definition) is 3. The van der Waals surface area contributed by atoms with Crippen molar-refractivity contribution in [3.8, 4) is 5.75 Å². The summed E-state index contributed by atoms with van der Waals surface area (Å²) in [4.78, 5) is 12.9. The molecule has 0 saturated carbocycles. The molecule has 4 nitrogen and oxygen atoms in total. The SMILES string of the molecule is CC(CN(CCCOc1cccc(CC(=O)O)c1)Cc1cc(F)c(F)cc1F)c1ccccc1. The zero-order valence-corrected chi connectivity index (χ0v) is 19.0. The highest BCUT2D eigenvalue weighted by molar-refractivity contribution is 5.70. The van der Waals surface area contributed by atoms with Gasteiger partial charge in [-0.25, -0.2) is 13.2 Å². The van der Waals surface area contributed by atoms with E-state index in [1.807, 2.05) is 35.2 Å². The third kappa shape index (κ3) is 7.63. The molecule has 0 aliphatic carbocycles. The van der Waals surface area contributed by atoms with Crippen LogP contribution in [0.5, 0.6) is 5.75 Å². The molecule has 3 aromatic rings. The molecule has 7 heteroatoms. The molecule has 0 saturated heterocycles. The molecule has 3 rings (SSSR count). The smallest absolute Gasteiger partial charge is 0.307 e. The summed E-state index contributed by atoms with van der Waals surface area (Å²) in [6.07, 6.45) is 0.526. The molecule has 34 heavy (non-hydrogen) atoms. The van der Waals surface area contributed by atoms with Gasteiger partial charge in [0.2, 0.25) is 0 Å². The van der Waals surface area contributed by atoms with Crippen LogP contribution < -0.4 is 4.74 Å². The van der Waals surface area contributed by atoms with Crippen LogP contribution in [0.3, 0.4) is 0 Å². The topological polar surface area (TPSA) is 49.8 Å². The monoisotopic (exact) mass is 471 g/mol. The lowest BCUT2D eigenvalue weighted by Crippen LogP contribution is -2.30. The maximum Gasteiger partial charge on any atom is 0.307 e. The number of carbonyl (C=O) groups is 1. The summed E-state index contributed by atoms with van der Waals surface area (Å²) in [5.41, 5.74) is 1.88. The van der Waals surface area contributed by atoms with Crippen LogP contribution >= 0.6 is 0 Å². The second-order valence-electron chi connectivity index (χ2n) is 8.32. The largest absolute Gasteiger partial charge is 0.494 e. The minimum absolute atomic E-state index is 0.0812. The van der Waals surface area contributed by atoms with E-state index in [0.29, 0.717) is 43.5 Å². The fourth-order valence-electron chi connectivity index (χ4n) is 3.83. The summed E-state index contributed by atoms with van der Waals surface area (Å²) >= 11 is 0. The van der Waals surface area contributed by atoms with Crippen LogP contribution in [-0.2, 0) is 17.8 Å². The van der Waals surface area contributed by atoms with E-state index in [0.717, 1.165) is 11.6 Å². The quantitative estimate of drug-likeness (QED) is 0.268. The third-order valence-electron chi connectivity index (χ3n) is 5.53. The standard InChI is InChI=1S/C27H28F3NO3/c1-19(21-8-3-2-4-9-21)17-31(18-22-15-25(29)26(30)16-24(22)28)11-6-12-34-23-10-5-7-20(13-23)14-27(32)33/h2-5,7-10,13,15-16,19H,6,11-12,14,17-18H2,1H3,(H,32,33). The molecule has 1 atom stereocenters. The van der Waals surface area contributed by atoms with Crippen LogP contribution in [0.25, 0.3) is 0 Å². The molecule has 0 amide bonds. The third-order valence-corrected chi connectivity index (χ3v) is 5.53. The average Bonchev–Trinajstić information content (AvgIpc) is 2.80. The van der Waals surface area contributed by atoms with Gasteiger partial charge in [0.15, 0.2) is 11.6 Å². The van der Waals surface area contributed by atoms with Crippen molar-refractivity contribution in [3.05, 3.63) is 101 Å². The van der Waals surface area contributed by atoms with Crippen LogP contribution in [0.1, 0.15) is 36.0 Å². The molecule has 0 heterocycles. The van der Waals surface area contributed by atoms with Crippen LogP contribution in [0, 0.1) is 17.5 Å². The zero-order valence-electron chi connectivity index (χ0n) is 19.0. The maximum absolute atomic E-state index is 14.3. The van der Waals surface area contributed by atoms with Crippen molar-refractivity contribution in [1.29, 1.82) is 0 Å². The van der Waals surface area contributed by atoms with E-state index in [9.17, 15) is 18.0 Å². The molecule has 0 spiro atoms. The molecule has 180 valence electrons. The van der Waals surface area contributed by atoms with Crippen molar-refractivity contribution in [2.45, 2.75) is 32.2 Å². The summed E-state index contributed by atoms with van der Waals surface area (Å²) < 4.78 is 47.1. The summed E-state index contributed by atoms with van der Waals surface area (Å²) in [5.74, 6) is -3.24. The first-order chi connectivity index (χ1) is 16.3. The Kier molecular flexibility index (Phi) is 9.10. The minimum Gasteiger partial charge on any atom is -0.494 e. The zero-order chi connectivity index (χ0) is 24.5. The number of carboxylic acid groups (broad SMARTS) is 1. The van der Waals surface area contributed by atoms with Gasteiger partial charge in [-0.05, 0) is 41.7 Å². The first-order valence-corrected chi connectivity index (χ1v) is 11.2. The molecule has 0 bridgehead atoms. The predicted molar refractivity (Wildman–Crippen MR) is 124 cm³/mol. The van der Waals surface area contributed by atoms with Gasteiger partial charge in [-0.15, -0.1) is 0 Å². The van der Waals surface area contributed by atoms with Gasteiger partial charge in [0.25, 0.3) is 0 Å². The van der Waals surface area contributed by atoms with Crippen molar-refractivity contribution < 1.29 is 27.8 Å². The number of benzene rings is 3. The van der Waals surface area contributed by atoms with E-state index in [-0.39, 0.29) is 24.4 Å². The number of aliphatic carboxylic acids is 1. The first kappa shape index (κ1) is 25.3. The van der Waals surface area contributed by atoms with Crippen molar-refractivity contribution in [2.75, 3.05) is 19.7 Å². The summed E-state index contributed by atoms with van der Waals surface area (Å²) in [5, 5.41) is 8.94. The molecule has 0 radical (unpaired) electrons. The number of halogens is 3. The van der Waals surface area contributed by atoms with E-state index in [1.54, 1.807) is 24.3 Å². The van der Waals surface area contributed by atoms with Gasteiger partial charge in [0.05, 0.1) is 13.0 Å². The van der Waals surface area contributed by atoms with E-state index >= 15 is 0 Å². The minimum atomic E-state index is -1.20. The summed E-state index contributed by atoms with van der Waals surface area (Å²) in [7, 11) is 0. The van der Waals surface area contributed by atoms with E-state index in [1.165, 1.54) is 0 Å². The predicted octanol–water partition coefficient (Wildman–Crippen LogP) is 5.81. The van der Waals surface area contributed by atoms with Gasteiger partial charge in [0, 0.05) is 31.3 Å². The van der Waals surface area contributed by atoms with Gasteiger partial charge in [-0.2, -0.15) is 0 Å². The fourth-order valence-corrected chi connectivity index (χ4v) is 3.83. The Morgan fingerprint density at radius 3 is 2.44 bits per heavy atom. The number of nitrogens with zero attached hydrogens (tertiary/aromatic N) is 1. The van der Waals surface area contributed by atoms with Gasteiger partial charge >= 0.3 is 5.97 Å². The van der Waals surface area contributed by atoms with Gasteiger partial charge in [0.1, 0.15) is 11.6 Å². The van der Waals surface area contributed by atoms with Gasteiger partial charge < -0.3 is 9.84 Å². The average molecular weight is 472 g/mol. The van der Waals surface area contributed by atoms with E-state index in [2.05, 4.69) is 6.92 Å². The van der Waals surface area contributed by atoms with E-state index < -0.39 is 23.4 Å². The van der Waals surface area contributed by atoms with Gasteiger partial charge in [-0.3, -0.25) is 9.69 Å². The van der Waals surface area contributed by atoms with Crippen molar-refractivity contribution in [2.24, 2.45) is 0 Å². The molecule has 0 fully saturated rings. The Morgan fingerprint density at radius 1 is 0.971 bits per heavy atom. The maximum atomic E-state index is 14.3. The second-order valence-corrected chi connectivity index (χ2v) is 8.32. The Bertz CT molecular complexity index is 1090. The first-order valence-electron chi connectivity index (χ1n) is 11.2. The highest BCUT2D eigenvalue weighted by Gasteiger charge is 2.17. The molecule has 1 unspecified atom stereocenters. The van der Waals surface area contributed by atoms with Crippen molar-refractivity contribution >= 4 is 5.97 Å². The summed E-state index contributed by atoms with van der Waals surface area (Å²) in [6.45, 7) is 3.71. The van der Waals surface area contributed by atoms with E-state index in [4.69, 9.17) is 9.84 Å². The van der Waals surface area contributed by atoms with Crippen molar-refractivity contribution in [3.63, 3.8) is 0 Å². The van der Waals surface area contributed by atoms with Crippen LogP contribution in [0.15, 0.2) is 66.7 Å². The Morgan fingerprint density at radius 2 is 1.71 bits per heavy atom. The Hall–Kier alpha value is -3.32. The fraction of sp³-hybridized carbons (Fsp3) is 0.296. The Labute approximate surface area is 197 Å². The second kappa shape index (κ2) is 12.2. The molecule has 1 N–H and O–H groups in total. The molecule has 0 aromatic heterocycles. The van der Waals surface area contributed by atoms with Gasteiger partial charge in [-0.1, -0.05) is 49.4 Å². The van der Waals surface area contributed by atoms with Crippen molar-refractivity contribution in [1.82, 2.24) is 4.90 Å². The lowest BCUT2D eigenvalue weighted by molar-refractivity contribution is -0.136. The van der Waals surface area contributed by atoms with Crippen LogP contribution in [0.4, 0.5) is 13.2 Å². The molecular formula is C27H28F3NO3. The number of carboxylic acids is 1. The lowest BCUT2D eigenvalue weighted by Gasteiger charge is -2.26. The number of rotatable bonds is 12. The van der Waals surface area contributed by atoms with Crippen LogP contribution in [0.2, 0.25) is 0 Å². The Balaban J connectivity index is 1.63. The molecule has 0 aliphatic heterocycles. The highest BCUT2D eigenvalue weighted by atomic mass is 19.2. The molecular weight excluding hydrogens is 443 g/mol. The highest BCUT2D eigenvalue weighted by Crippen LogP contribution is 2.21. The molecule has 3 aromatic carbocycles. The van der Waals surface area contributed by atoms with Crippen LogP contribution in [-0.4, -0.2) is 35.7 Å². The lowest BCUT2D eigenvalue weighted by atomic mass is 10.0.